The molecule has 0 fully saturated rings. The van der Waals surface area contributed by atoms with Crippen LogP contribution < -0.4 is 10.0 Å². The third-order valence-electron chi connectivity index (χ3n) is 2.35. The van der Waals surface area contributed by atoms with E-state index < -0.39 is 5.47 Å². The highest BCUT2D eigenvalue weighted by atomic mass is 32.7. The third kappa shape index (κ3) is 4.73. The van der Waals surface area contributed by atoms with E-state index in [0.717, 1.165) is 17.5 Å². The first kappa shape index (κ1) is 13.8. The van der Waals surface area contributed by atoms with E-state index in [-0.39, 0.29) is 6.10 Å². The van der Waals surface area contributed by atoms with Gasteiger partial charge in [-0.1, -0.05) is 19.8 Å². The van der Waals surface area contributed by atoms with Crippen LogP contribution in [0.1, 0.15) is 33.1 Å². The Balaban J connectivity index is 2.54. The van der Waals surface area contributed by atoms with Crippen molar-refractivity contribution < 1.29 is 4.74 Å². The molecule has 88 valence electrons. The molecule has 1 aromatic rings. The molecule has 0 spiro atoms. The van der Waals surface area contributed by atoms with Crippen molar-refractivity contribution in [2.75, 3.05) is 0 Å². The first-order valence-corrected chi connectivity index (χ1v) is 8.91. The summed E-state index contributed by atoms with van der Waals surface area (Å²) >= 11 is 10.1. The zero-order valence-corrected chi connectivity index (χ0v) is 12.2. The van der Waals surface area contributed by atoms with Crippen LogP contribution in [0, 0.1) is 0 Å². The number of unbranched alkanes of at least 4 members (excludes halogenated alkanes) is 1. The van der Waals surface area contributed by atoms with Crippen LogP contribution in [0.2, 0.25) is 0 Å². The van der Waals surface area contributed by atoms with Gasteiger partial charge < -0.3 is 4.74 Å². The Morgan fingerprint density at radius 2 is 1.88 bits per heavy atom. The summed E-state index contributed by atoms with van der Waals surface area (Å²) in [7, 11) is 0. The maximum Gasteiger partial charge on any atom is 0.119 e. The van der Waals surface area contributed by atoms with Crippen molar-refractivity contribution in [1.82, 2.24) is 0 Å². The number of hydrogen-bond acceptors (Lipinski definition) is 3. The smallest absolute Gasteiger partial charge is 0.119 e. The Morgan fingerprint density at radius 1 is 1.25 bits per heavy atom. The summed E-state index contributed by atoms with van der Waals surface area (Å²) in [5.41, 5.74) is -0.827. The number of benzene rings is 1. The van der Waals surface area contributed by atoms with Crippen molar-refractivity contribution in [2.45, 2.75) is 39.2 Å². The van der Waals surface area contributed by atoms with Crippen molar-refractivity contribution in [3.05, 3.63) is 24.3 Å². The second-order valence-corrected chi connectivity index (χ2v) is 7.74. The predicted octanol–water partition coefficient (Wildman–Crippen LogP) is 3.68. The zero-order valence-electron chi connectivity index (χ0n) is 9.68. The molecule has 4 heteroatoms. The fourth-order valence-corrected chi connectivity index (χ4v) is 2.55. The SMILES string of the molecule is CCCCC(C)Oc1ccc(P(=S)=S)cc1. The highest BCUT2D eigenvalue weighted by molar-refractivity contribution is 8.27. The fraction of sp³-hybridized carbons (Fsp3) is 0.500. The molecule has 1 aromatic carbocycles. The molecule has 1 unspecified atom stereocenters. The molecule has 0 N–H and O–H groups in total. The molecule has 16 heavy (non-hydrogen) atoms. The summed E-state index contributed by atoms with van der Waals surface area (Å²) in [6, 6.07) is 7.89. The number of hydrogen-bond donors (Lipinski definition) is 0. The van der Waals surface area contributed by atoms with Gasteiger partial charge in [0.05, 0.1) is 6.10 Å². The first-order valence-electron chi connectivity index (χ1n) is 5.54. The lowest BCUT2D eigenvalue weighted by Crippen LogP contribution is -2.11. The number of ether oxygens (including phenoxy) is 1. The largest absolute Gasteiger partial charge is 0.491 e. The van der Waals surface area contributed by atoms with Crippen LogP contribution in [-0.4, -0.2) is 6.10 Å². The Hall–Kier alpha value is -0.240. The molecule has 0 bridgehead atoms. The minimum atomic E-state index is -0.827. The van der Waals surface area contributed by atoms with Gasteiger partial charge in [-0.15, -0.1) is 0 Å². The predicted molar refractivity (Wildman–Crippen MR) is 77.3 cm³/mol. The average Bonchev–Trinajstić information content (AvgIpc) is 2.27. The second kappa shape index (κ2) is 7.16. The van der Waals surface area contributed by atoms with Gasteiger partial charge in [0.15, 0.2) is 0 Å². The van der Waals surface area contributed by atoms with Gasteiger partial charge in [-0.3, -0.25) is 0 Å². The van der Waals surface area contributed by atoms with E-state index in [2.05, 4.69) is 13.8 Å². The van der Waals surface area contributed by atoms with Crippen molar-refractivity contribution >= 4 is 34.4 Å². The maximum absolute atomic E-state index is 5.79. The van der Waals surface area contributed by atoms with E-state index in [1.807, 2.05) is 24.3 Å². The van der Waals surface area contributed by atoms with Gasteiger partial charge in [-0.25, -0.2) is 0 Å². The van der Waals surface area contributed by atoms with Gasteiger partial charge in [0.25, 0.3) is 0 Å². The molecule has 0 radical (unpaired) electrons. The topological polar surface area (TPSA) is 9.23 Å². The normalized spacial score (nSPS) is 12.1. The van der Waals surface area contributed by atoms with Crippen molar-refractivity contribution in [2.24, 2.45) is 0 Å². The maximum atomic E-state index is 5.79. The standard InChI is InChI=1S/C12H17OPS2/c1-3-4-5-10(2)13-11-6-8-12(9-7-11)14(15)16/h6-10H,3-5H2,1-2H3. The van der Waals surface area contributed by atoms with Gasteiger partial charge in [0.2, 0.25) is 0 Å². The Bertz CT molecular complexity index is 377. The Kier molecular flexibility index (Phi) is 6.18. The third-order valence-corrected chi connectivity index (χ3v) is 4.33. The van der Waals surface area contributed by atoms with E-state index in [4.69, 9.17) is 28.4 Å². The molecular weight excluding hydrogens is 255 g/mol. The van der Waals surface area contributed by atoms with Crippen LogP contribution in [-0.2, 0) is 23.6 Å². The molecule has 0 aliphatic heterocycles. The zero-order chi connectivity index (χ0) is 12.0. The Labute approximate surface area is 108 Å². The second-order valence-electron chi connectivity index (χ2n) is 3.82. The van der Waals surface area contributed by atoms with Crippen LogP contribution in [0.5, 0.6) is 5.75 Å². The molecule has 1 atom stereocenters. The molecule has 1 rings (SSSR count). The molecule has 0 amide bonds. The van der Waals surface area contributed by atoms with E-state index in [1.54, 1.807) is 0 Å². The number of rotatable bonds is 6. The molecule has 0 heterocycles. The minimum absolute atomic E-state index is 0.277. The lowest BCUT2D eigenvalue weighted by molar-refractivity contribution is 0.207. The van der Waals surface area contributed by atoms with Gasteiger partial charge >= 0.3 is 0 Å². The quantitative estimate of drug-likeness (QED) is 0.731. The van der Waals surface area contributed by atoms with E-state index in [1.165, 1.54) is 12.8 Å². The average molecular weight is 272 g/mol. The highest BCUT2D eigenvalue weighted by Gasteiger charge is 2.03. The van der Waals surface area contributed by atoms with E-state index in [0.29, 0.717) is 0 Å². The van der Waals surface area contributed by atoms with Gasteiger partial charge in [-0.2, -0.15) is 0 Å². The summed E-state index contributed by atoms with van der Waals surface area (Å²) in [4.78, 5) is 0. The van der Waals surface area contributed by atoms with Gasteiger partial charge in [-0.05, 0) is 61.2 Å². The van der Waals surface area contributed by atoms with E-state index in [9.17, 15) is 0 Å². The molecule has 0 saturated carbocycles. The van der Waals surface area contributed by atoms with Crippen molar-refractivity contribution in [1.29, 1.82) is 0 Å². The molecular formula is C12H17OPS2. The van der Waals surface area contributed by atoms with Crippen LogP contribution in [0.4, 0.5) is 0 Å². The van der Waals surface area contributed by atoms with Crippen LogP contribution in [0.25, 0.3) is 0 Å². The fourth-order valence-electron chi connectivity index (χ4n) is 1.43. The molecule has 0 saturated heterocycles. The molecule has 0 aliphatic rings. The van der Waals surface area contributed by atoms with Crippen LogP contribution in [0.3, 0.4) is 0 Å². The summed E-state index contributed by atoms with van der Waals surface area (Å²) < 4.78 is 5.79. The van der Waals surface area contributed by atoms with Crippen molar-refractivity contribution in [3.63, 3.8) is 0 Å². The van der Waals surface area contributed by atoms with E-state index >= 15 is 0 Å². The van der Waals surface area contributed by atoms with Gasteiger partial charge in [0, 0.05) is 10.8 Å². The van der Waals surface area contributed by atoms with Crippen molar-refractivity contribution in [3.8, 4) is 5.75 Å². The first-order chi connectivity index (χ1) is 7.63. The highest BCUT2D eigenvalue weighted by Crippen LogP contribution is 2.15. The summed E-state index contributed by atoms with van der Waals surface area (Å²) in [5, 5.41) is 1.06. The summed E-state index contributed by atoms with van der Waals surface area (Å²) in [5.74, 6) is 0.911. The lowest BCUT2D eigenvalue weighted by atomic mass is 10.2. The molecule has 1 nitrogen and oxygen atoms in total. The molecule has 0 aliphatic carbocycles. The van der Waals surface area contributed by atoms with Crippen LogP contribution >= 0.6 is 5.47 Å². The summed E-state index contributed by atoms with van der Waals surface area (Å²) in [6.45, 7) is 4.30. The monoisotopic (exact) mass is 272 g/mol. The molecule has 0 aromatic heterocycles. The Morgan fingerprint density at radius 3 is 2.38 bits per heavy atom. The minimum Gasteiger partial charge on any atom is -0.491 e. The van der Waals surface area contributed by atoms with Gasteiger partial charge in [0.1, 0.15) is 5.75 Å². The lowest BCUT2D eigenvalue weighted by Gasteiger charge is -2.14. The van der Waals surface area contributed by atoms with Crippen LogP contribution in [0.15, 0.2) is 24.3 Å². The summed E-state index contributed by atoms with van der Waals surface area (Å²) in [6.07, 6.45) is 3.80.